The molecule has 0 saturated carbocycles. The third kappa shape index (κ3) is 4.21. The van der Waals surface area contributed by atoms with Crippen LogP contribution in [0.1, 0.15) is 12.8 Å². The molecule has 2 heterocycles. The van der Waals surface area contributed by atoms with Gasteiger partial charge in [-0.3, -0.25) is 4.79 Å². The van der Waals surface area contributed by atoms with Crippen LogP contribution in [0.4, 0.5) is 0 Å². The Labute approximate surface area is 109 Å². The molecule has 1 aromatic rings. The van der Waals surface area contributed by atoms with Gasteiger partial charge in [-0.15, -0.1) is 4.37 Å². The summed E-state index contributed by atoms with van der Waals surface area (Å²) in [5, 5.41) is 15.7. The van der Waals surface area contributed by atoms with Gasteiger partial charge in [-0.25, -0.2) is 0 Å². The van der Waals surface area contributed by atoms with Gasteiger partial charge in [0, 0.05) is 25.6 Å². The predicted molar refractivity (Wildman–Crippen MR) is 65.4 cm³/mol. The summed E-state index contributed by atoms with van der Waals surface area (Å²) in [6, 6.07) is 0.221. The van der Waals surface area contributed by atoms with Crippen LogP contribution in [-0.4, -0.2) is 51.6 Å². The highest BCUT2D eigenvalue weighted by molar-refractivity contribution is 6.99. The van der Waals surface area contributed by atoms with E-state index in [0.29, 0.717) is 25.4 Å². The van der Waals surface area contributed by atoms with E-state index in [-0.39, 0.29) is 18.6 Å². The number of aliphatic hydroxyl groups is 1. The maximum atomic E-state index is 11.0. The second-order valence-electron chi connectivity index (χ2n) is 4.16. The Hall–Kier alpha value is -1.25. The van der Waals surface area contributed by atoms with Crippen LogP contribution in [-0.2, 0) is 4.79 Å². The molecule has 8 heteroatoms. The van der Waals surface area contributed by atoms with Crippen LogP contribution < -0.4 is 15.4 Å². The maximum Gasteiger partial charge on any atom is 0.245 e. The molecule has 0 aliphatic carbocycles. The number of hydrogen-bond donors (Lipinski definition) is 3. The molecule has 0 aromatic carbocycles. The summed E-state index contributed by atoms with van der Waals surface area (Å²) >= 11 is 1.07. The third-order valence-corrected chi connectivity index (χ3v) is 3.13. The fourth-order valence-electron chi connectivity index (χ4n) is 1.67. The molecule has 3 N–H and O–H groups in total. The molecule has 1 amide bonds. The van der Waals surface area contributed by atoms with Crippen molar-refractivity contribution in [3.63, 3.8) is 0 Å². The number of hydrogen-bond acceptors (Lipinski definition) is 7. The third-order valence-electron chi connectivity index (χ3n) is 2.67. The Morgan fingerprint density at radius 3 is 3.28 bits per heavy atom. The minimum absolute atomic E-state index is 0.0907. The summed E-state index contributed by atoms with van der Waals surface area (Å²) in [5.74, 6) is 0.525. The quantitative estimate of drug-likeness (QED) is 0.624. The average molecular weight is 272 g/mol. The molecule has 1 aliphatic rings. The predicted octanol–water partition coefficient (Wildman–Crippen LogP) is -0.854. The molecule has 0 bridgehead atoms. The van der Waals surface area contributed by atoms with E-state index in [1.165, 1.54) is 6.20 Å². The van der Waals surface area contributed by atoms with Crippen LogP contribution in [0.3, 0.4) is 0 Å². The van der Waals surface area contributed by atoms with Crippen LogP contribution in [0.5, 0.6) is 5.88 Å². The van der Waals surface area contributed by atoms with Gasteiger partial charge in [-0.2, -0.15) is 4.37 Å². The Bertz CT molecular complexity index is 363. The highest BCUT2D eigenvalue weighted by Gasteiger charge is 2.18. The standard InChI is InChI=1S/C10H16N4O3S/c15-8(6-17-10-5-13-18-14-10)4-11-7-1-2-9(16)12-3-7/h5,7-8,11,15H,1-4,6H2,(H,12,16). The highest BCUT2D eigenvalue weighted by Crippen LogP contribution is 2.06. The summed E-state index contributed by atoms with van der Waals surface area (Å²) in [4.78, 5) is 11.0. The van der Waals surface area contributed by atoms with Gasteiger partial charge in [0.2, 0.25) is 11.8 Å². The lowest BCUT2D eigenvalue weighted by Crippen LogP contribution is -2.48. The first-order chi connectivity index (χ1) is 8.74. The SMILES string of the molecule is O=C1CCC(NCC(O)COc2cnsn2)CN1. The number of ether oxygens (including phenoxy) is 1. The Kier molecular flexibility index (Phi) is 4.85. The fraction of sp³-hybridized carbons (Fsp3) is 0.700. The van der Waals surface area contributed by atoms with E-state index in [1.807, 2.05) is 0 Å². The van der Waals surface area contributed by atoms with Gasteiger partial charge < -0.3 is 20.5 Å². The van der Waals surface area contributed by atoms with Crippen LogP contribution in [0.2, 0.25) is 0 Å². The van der Waals surface area contributed by atoms with Crippen LogP contribution >= 0.6 is 11.7 Å². The number of carbonyl (C=O) groups is 1. The smallest absolute Gasteiger partial charge is 0.245 e. The Balaban J connectivity index is 1.59. The van der Waals surface area contributed by atoms with Crippen molar-refractivity contribution >= 4 is 17.6 Å². The molecule has 100 valence electrons. The molecule has 0 spiro atoms. The van der Waals surface area contributed by atoms with Gasteiger partial charge in [0.25, 0.3) is 0 Å². The number of nitrogens with zero attached hydrogens (tertiary/aromatic N) is 2. The molecule has 1 saturated heterocycles. The fourth-order valence-corrected chi connectivity index (χ4v) is 2.03. The average Bonchev–Trinajstić information content (AvgIpc) is 2.89. The van der Waals surface area contributed by atoms with E-state index in [4.69, 9.17) is 4.74 Å². The van der Waals surface area contributed by atoms with Crippen molar-refractivity contribution in [3.05, 3.63) is 6.20 Å². The van der Waals surface area contributed by atoms with Gasteiger partial charge in [0.15, 0.2) is 0 Å². The van der Waals surface area contributed by atoms with Gasteiger partial charge in [-0.1, -0.05) is 0 Å². The molecular formula is C10H16N4O3S. The van der Waals surface area contributed by atoms with Crippen molar-refractivity contribution < 1.29 is 14.6 Å². The zero-order valence-corrected chi connectivity index (χ0v) is 10.7. The summed E-state index contributed by atoms with van der Waals surface area (Å²) in [6.45, 7) is 1.22. The first kappa shape index (κ1) is 13.2. The summed E-state index contributed by atoms with van der Waals surface area (Å²) < 4.78 is 12.9. The van der Waals surface area contributed by atoms with E-state index < -0.39 is 6.10 Å². The van der Waals surface area contributed by atoms with Crippen molar-refractivity contribution in [2.45, 2.75) is 25.0 Å². The van der Waals surface area contributed by atoms with E-state index in [1.54, 1.807) is 0 Å². The molecule has 2 atom stereocenters. The van der Waals surface area contributed by atoms with Gasteiger partial charge in [0.1, 0.15) is 18.9 Å². The minimum Gasteiger partial charge on any atom is -0.473 e. The molecule has 1 fully saturated rings. The topological polar surface area (TPSA) is 96.4 Å². The highest BCUT2D eigenvalue weighted by atomic mass is 32.1. The summed E-state index contributed by atoms with van der Waals surface area (Å²) in [5.41, 5.74) is 0. The Morgan fingerprint density at radius 1 is 1.72 bits per heavy atom. The van der Waals surface area contributed by atoms with Crippen molar-refractivity contribution in [3.8, 4) is 5.88 Å². The van der Waals surface area contributed by atoms with Crippen LogP contribution in [0.15, 0.2) is 6.20 Å². The number of nitrogens with one attached hydrogen (secondary N) is 2. The largest absolute Gasteiger partial charge is 0.473 e. The van der Waals surface area contributed by atoms with Gasteiger partial charge in [-0.05, 0) is 6.42 Å². The van der Waals surface area contributed by atoms with Crippen molar-refractivity contribution in [1.29, 1.82) is 0 Å². The second-order valence-corrected chi connectivity index (χ2v) is 4.72. The van der Waals surface area contributed by atoms with E-state index in [0.717, 1.165) is 18.1 Å². The lowest BCUT2D eigenvalue weighted by atomic mass is 10.1. The molecule has 1 aromatic heterocycles. The van der Waals surface area contributed by atoms with Gasteiger partial charge >= 0.3 is 0 Å². The first-order valence-corrected chi connectivity index (χ1v) is 6.55. The molecule has 0 radical (unpaired) electrons. The van der Waals surface area contributed by atoms with Crippen LogP contribution in [0, 0.1) is 0 Å². The van der Waals surface area contributed by atoms with E-state index in [2.05, 4.69) is 19.4 Å². The van der Waals surface area contributed by atoms with Crippen molar-refractivity contribution in [2.75, 3.05) is 19.7 Å². The number of amides is 1. The molecule has 2 rings (SSSR count). The minimum atomic E-state index is -0.607. The Morgan fingerprint density at radius 2 is 2.61 bits per heavy atom. The lowest BCUT2D eigenvalue weighted by molar-refractivity contribution is -0.122. The number of aromatic nitrogens is 2. The summed E-state index contributed by atoms with van der Waals surface area (Å²) in [6.07, 6.45) is 2.25. The first-order valence-electron chi connectivity index (χ1n) is 5.82. The second kappa shape index (κ2) is 6.62. The number of aliphatic hydroxyl groups excluding tert-OH is 1. The van der Waals surface area contributed by atoms with Gasteiger partial charge in [0.05, 0.1) is 11.7 Å². The zero-order chi connectivity index (χ0) is 12.8. The van der Waals surface area contributed by atoms with Crippen molar-refractivity contribution in [2.24, 2.45) is 0 Å². The van der Waals surface area contributed by atoms with E-state index in [9.17, 15) is 9.90 Å². The van der Waals surface area contributed by atoms with Crippen molar-refractivity contribution in [1.82, 2.24) is 19.4 Å². The molecule has 18 heavy (non-hydrogen) atoms. The molecule has 1 aliphatic heterocycles. The number of piperidine rings is 1. The molecule has 7 nitrogen and oxygen atoms in total. The van der Waals surface area contributed by atoms with Crippen LogP contribution in [0.25, 0.3) is 0 Å². The summed E-state index contributed by atoms with van der Waals surface area (Å²) in [7, 11) is 0. The normalized spacial score (nSPS) is 21.4. The number of carbonyl (C=O) groups excluding carboxylic acids is 1. The molecular weight excluding hydrogens is 256 g/mol. The van der Waals surface area contributed by atoms with E-state index >= 15 is 0 Å². The number of rotatable bonds is 6. The molecule has 2 unspecified atom stereocenters. The maximum absolute atomic E-state index is 11.0. The zero-order valence-electron chi connectivity index (χ0n) is 9.83. The monoisotopic (exact) mass is 272 g/mol. The lowest BCUT2D eigenvalue weighted by Gasteiger charge is -2.24.